The highest BCUT2D eigenvalue weighted by molar-refractivity contribution is 5.93. The third-order valence-electron chi connectivity index (χ3n) is 12.0. The van der Waals surface area contributed by atoms with Crippen LogP contribution in [-0.4, -0.2) is 136 Å². The van der Waals surface area contributed by atoms with Crippen LogP contribution in [0.2, 0.25) is 0 Å². The standard InChI is InChI=1S/C61H58O22/c1-60(34-78-54(68)42-19-7-38(8-20-42)15-27-49(62)74-3,35-79-55(69)43-21-9-39(10-22-43)16-28-50(63)75-4)58(72)82-47-31-46(53(66)67)32-48(33-47)83-59(73)61(2,36-80-56(70)44-23-11-40(12-24-44)17-29-51(64)76-5)37-81-57(71)45-25-13-41(14-26-45)18-30-52(65)77-6/h7-33,58-59,72-73H,34-37H2,1-6H3,(H,66,67). The highest BCUT2D eigenvalue weighted by atomic mass is 16.6. The van der Waals surface area contributed by atoms with Gasteiger partial charge in [-0.1, -0.05) is 48.5 Å². The Balaban J connectivity index is 1.41. The average molecular weight is 1140 g/mol. The third kappa shape index (κ3) is 19.5. The normalized spacial score (nSPS) is 13.4. The van der Waals surface area contributed by atoms with Gasteiger partial charge in [0.1, 0.15) is 37.9 Å². The number of esters is 8. The van der Waals surface area contributed by atoms with Crippen molar-refractivity contribution in [3.05, 3.63) is 190 Å². The summed E-state index contributed by atoms with van der Waals surface area (Å²) in [7, 11) is 4.86. The second-order valence-electron chi connectivity index (χ2n) is 18.5. The monoisotopic (exact) mass is 1140 g/mol. The van der Waals surface area contributed by atoms with Crippen molar-refractivity contribution in [3.8, 4) is 11.5 Å². The van der Waals surface area contributed by atoms with Crippen LogP contribution in [0.5, 0.6) is 11.5 Å². The molecule has 5 aromatic carbocycles. The molecule has 434 valence electrons. The van der Waals surface area contributed by atoms with Gasteiger partial charge in [-0.2, -0.15) is 0 Å². The van der Waals surface area contributed by atoms with Gasteiger partial charge in [-0.15, -0.1) is 0 Å². The first-order valence-electron chi connectivity index (χ1n) is 24.8. The topological polar surface area (TPSA) is 307 Å². The van der Waals surface area contributed by atoms with Crippen molar-refractivity contribution in [2.24, 2.45) is 10.8 Å². The number of carboxylic acid groups (broad SMARTS) is 1. The number of benzene rings is 5. The summed E-state index contributed by atoms with van der Waals surface area (Å²) in [6.07, 6.45) is 6.36. The third-order valence-corrected chi connectivity index (χ3v) is 12.0. The van der Waals surface area contributed by atoms with Gasteiger partial charge in [-0.05, 0) is 121 Å². The number of aromatic carboxylic acids is 1. The Hall–Kier alpha value is -10.2. The Labute approximate surface area is 475 Å². The van der Waals surface area contributed by atoms with E-state index in [2.05, 4.69) is 18.9 Å². The molecule has 0 bridgehead atoms. The van der Waals surface area contributed by atoms with Gasteiger partial charge in [-0.3, -0.25) is 0 Å². The first kappa shape index (κ1) is 63.6. The quantitative estimate of drug-likeness (QED) is 0.0207. The molecule has 3 N–H and O–H groups in total. The van der Waals surface area contributed by atoms with E-state index in [4.69, 9.17) is 28.4 Å². The highest BCUT2D eigenvalue weighted by Gasteiger charge is 2.41. The number of carbonyl (C=O) groups excluding carboxylic acids is 8. The van der Waals surface area contributed by atoms with E-state index in [-0.39, 0.29) is 22.3 Å². The molecule has 22 nitrogen and oxygen atoms in total. The van der Waals surface area contributed by atoms with Crippen molar-refractivity contribution < 1.29 is 106 Å². The summed E-state index contributed by atoms with van der Waals surface area (Å²) >= 11 is 0. The number of aliphatic hydroxyl groups excluding tert-OH is 2. The molecular weight excluding hydrogens is 1080 g/mol. The molecule has 0 heterocycles. The van der Waals surface area contributed by atoms with Gasteiger partial charge >= 0.3 is 53.7 Å². The number of methoxy groups -OCH3 is 4. The van der Waals surface area contributed by atoms with Crippen LogP contribution in [0.15, 0.2) is 140 Å². The molecule has 0 saturated heterocycles. The minimum absolute atomic E-state index is 0.0446. The van der Waals surface area contributed by atoms with E-state index in [1.54, 1.807) is 0 Å². The van der Waals surface area contributed by atoms with Gasteiger partial charge in [0.15, 0.2) is 0 Å². The van der Waals surface area contributed by atoms with E-state index in [0.29, 0.717) is 22.3 Å². The number of hydrogen-bond acceptors (Lipinski definition) is 21. The fourth-order valence-corrected chi connectivity index (χ4v) is 6.85. The number of carbonyl (C=O) groups is 9. The number of carboxylic acids is 1. The predicted octanol–water partition coefficient (Wildman–Crippen LogP) is 6.96. The molecule has 0 saturated carbocycles. The summed E-state index contributed by atoms with van der Waals surface area (Å²) in [6, 6.07) is 26.5. The van der Waals surface area contributed by atoms with Crippen LogP contribution in [-0.2, 0) is 57.1 Å². The van der Waals surface area contributed by atoms with Crippen molar-refractivity contribution in [2.45, 2.75) is 26.4 Å². The zero-order valence-electron chi connectivity index (χ0n) is 45.7. The lowest BCUT2D eigenvalue weighted by Crippen LogP contribution is -2.45. The molecule has 22 heteroatoms. The summed E-state index contributed by atoms with van der Waals surface area (Å²) in [6.45, 7) is -0.0844. The molecule has 0 aromatic heterocycles. The van der Waals surface area contributed by atoms with E-state index in [1.165, 1.54) is 188 Å². The summed E-state index contributed by atoms with van der Waals surface area (Å²) in [5.74, 6) is -8.31. The molecular formula is C61H58O22. The summed E-state index contributed by atoms with van der Waals surface area (Å²) in [5, 5.41) is 33.9. The lowest BCUT2D eigenvalue weighted by Gasteiger charge is -2.34. The van der Waals surface area contributed by atoms with Crippen LogP contribution in [0, 0.1) is 10.8 Å². The van der Waals surface area contributed by atoms with Gasteiger partial charge in [0, 0.05) is 30.4 Å². The fraction of sp³-hybridized carbons (Fsp3) is 0.230. The molecule has 2 atom stereocenters. The van der Waals surface area contributed by atoms with Crippen LogP contribution < -0.4 is 9.47 Å². The Kier molecular flexibility index (Phi) is 23.3. The first-order valence-corrected chi connectivity index (χ1v) is 24.8. The van der Waals surface area contributed by atoms with Crippen molar-refractivity contribution in [2.75, 3.05) is 54.9 Å². The lowest BCUT2D eigenvalue weighted by molar-refractivity contribution is -0.148. The number of hydrogen-bond donors (Lipinski definition) is 3. The second-order valence-corrected chi connectivity index (χ2v) is 18.5. The van der Waals surface area contributed by atoms with E-state index < -0.39 is 121 Å². The van der Waals surface area contributed by atoms with Crippen LogP contribution in [0.3, 0.4) is 0 Å². The molecule has 5 rings (SSSR count). The van der Waals surface area contributed by atoms with E-state index in [9.17, 15) is 58.5 Å². The molecule has 83 heavy (non-hydrogen) atoms. The molecule has 0 fully saturated rings. The van der Waals surface area contributed by atoms with Gasteiger partial charge in [0.2, 0.25) is 12.6 Å². The minimum atomic E-state index is -2.08. The largest absolute Gasteiger partial charge is 0.478 e. The Bertz CT molecular complexity index is 2870. The Morgan fingerprint density at radius 1 is 0.386 bits per heavy atom. The maximum atomic E-state index is 13.4. The number of ether oxygens (including phenoxy) is 10. The smallest absolute Gasteiger partial charge is 0.338 e. The zero-order valence-corrected chi connectivity index (χ0v) is 45.7. The van der Waals surface area contributed by atoms with E-state index in [1.807, 2.05) is 0 Å². The van der Waals surface area contributed by atoms with Crippen LogP contribution in [0.25, 0.3) is 24.3 Å². The first-order chi connectivity index (χ1) is 39.6. The maximum Gasteiger partial charge on any atom is 0.338 e. The predicted molar refractivity (Wildman–Crippen MR) is 294 cm³/mol. The Morgan fingerprint density at radius 2 is 0.614 bits per heavy atom. The highest BCUT2D eigenvalue weighted by Crippen LogP contribution is 2.33. The van der Waals surface area contributed by atoms with Crippen molar-refractivity contribution in [1.82, 2.24) is 0 Å². The summed E-state index contributed by atoms with van der Waals surface area (Å²) in [4.78, 5) is 113. The zero-order chi connectivity index (χ0) is 60.7. The SMILES string of the molecule is COC(=O)C=Cc1ccc(C(=O)OCC(C)(COC(=O)c2ccc(C=CC(=O)OC)cc2)C(O)Oc2cc(OC(O)C(C)(COC(=O)c3ccc(C=CC(=O)OC)cc3)COC(=O)c3ccc(C=CC(=O)OC)cc3)cc(C(=O)O)c2)cc1. The van der Waals surface area contributed by atoms with Gasteiger partial charge in [0.05, 0.1) is 67.1 Å². The van der Waals surface area contributed by atoms with Gasteiger partial charge in [-0.25, -0.2) is 43.2 Å². The van der Waals surface area contributed by atoms with E-state index >= 15 is 0 Å². The van der Waals surface area contributed by atoms with Gasteiger partial charge in [0.25, 0.3) is 0 Å². The molecule has 5 aromatic rings. The molecule has 0 amide bonds. The lowest BCUT2D eigenvalue weighted by atomic mass is 9.91. The minimum Gasteiger partial charge on any atom is -0.478 e. The maximum absolute atomic E-state index is 13.4. The summed E-state index contributed by atoms with van der Waals surface area (Å²) in [5.41, 5.74) is -1.86. The van der Waals surface area contributed by atoms with Crippen molar-refractivity contribution in [3.63, 3.8) is 0 Å². The molecule has 0 aliphatic carbocycles. The van der Waals surface area contributed by atoms with E-state index in [0.717, 1.165) is 18.2 Å². The molecule has 0 aliphatic heterocycles. The molecule has 0 radical (unpaired) electrons. The molecule has 2 unspecified atom stereocenters. The molecule has 0 spiro atoms. The Morgan fingerprint density at radius 3 is 0.819 bits per heavy atom. The van der Waals surface area contributed by atoms with Gasteiger partial charge < -0.3 is 62.7 Å². The van der Waals surface area contributed by atoms with Crippen molar-refractivity contribution >= 4 is 78.0 Å². The number of aliphatic hydroxyl groups is 2. The fourth-order valence-electron chi connectivity index (χ4n) is 6.85. The summed E-state index contributed by atoms with van der Waals surface area (Å²) < 4.78 is 52.7. The van der Waals surface area contributed by atoms with Crippen LogP contribution in [0.1, 0.15) is 87.9 Å². The second kappa shape index (κ2) is 30.4. The van der Waals surface area contributed by atoms with Crippen molar-refractivity contribution in [1.29, 1.82) is 0 Å². The van der Waals surface area contributed by atoms with Crippen LogP contribution in [0.4, 0.5) is 0 Å². The average Bonchev–Trinajstić information content (AvgIpc) is 3.60. The van der Waals surface area contributed by atoms with Crippen LogP contribution >= 0.6 is 0 Å². The number of rotatable bonds is 27. The molecule has 0 aliphatic rings.